The fourth-order valence-corrected chi connectivity index (χ4v) is 2.34. The Morgan fingerprint density at radius 3 is 2.92 bits per heavy atom. The van der Waals surface area contributed by atoms with Gasteiger partial charge < -0.3 is 5.11 Å². The van der Waals surface area contributed by atoms with Crippen molar-refractivity contribution in [3.63, 3.8) is 0 Å². The van der Waals surface area contributed by atoms with Crippen LogP contribution in [0.2, 0.25) is 0 Å². The van der Waals surface area contributed by atoms with Gasteiger partial charge in [0.25, 0.3) is 0 Å². The minimum atomic E-state index is -0.0347. The first-order valence-corrected chi connectivity index (χ1v) is 5.18. The minimum Gasteiger partial charge on any atom is -0.499 e. The Hall–Kier alpha value is -0.930. The van der Waals surface area contributed by atoms with E-state index in [0.717, 1.165) is 5.56 Å². The van der Waals surface area contributed by atoms with Crippen LogP contribution in [0.15, 0.2) is 23.6 Å². The maximum atomic E-state index is 9.15. The minimum absolute atomic E-state index is 0.0347. The standard InChI is InChI=1S/C10H8OS2/c1-6-5-13-9-3-2-7(10(11)12)4-8(6)9/h2-5H,1H3,(H,11,12). The summed E-state index contributed by atoms with van der Waals surface area (Å²) in [7, 11) is 0. The molecule has 0 atom stereocenters. The van der Waals surface area contributed by atoms with E-state index in [1.807, 2.05) is 18.2 Å². The monoisotopic (exact) mass is 208 g/mol. The average molecular weight is 208 g/mol. The molecule has 0 saturated heterocycles. The molecule has 1 nitrogen and oxygen atoms in total. The summed E-state index contributed by atoms with van der Waals surface area (Å²) in [5.74, 6) is 0. The van der Waals surface area contributed by atoms with Crippen LogP contribution in [0.3, 0.4) is 0 Å². The quantitative estimate of drug-likeness (QED) is 0.724. The summed E-state index contributed by atoms with van der Waals surface area (Å²) in [6.07, 6.45) is 0. The maximum Gasteiger partial charge on any atom is 0.188 e. The summed E-state index contributed by atoms with van der Waals surface area (Å²) in [5, 5.41) is 12.4. The van der Waals surface area contributed by atoms with Gasteiger partial charge in [0, 0.05) is 10.3 Å². The van der Waals surface area contributed by atoms with Gasteiger partial charge in [-0.3, -0.25) is 0 Å². The number of fused-ring (bicyclic) bond motifs is 1. The summed E-state index contributed by atoms with van der Waals surface area (Å²) in [6, 6.07) is 5.77. The third kappa shape index (κ3) is 1.45. The molecule has 0 fully saturated rings. The highest BCUT2D eigenvalue weighted by molar-refractivity contribution is 7.80. The molecule has 66 valence electrons. The maximum absolute atomic E-state index is 9.15. The number of aliphatic hydroxyl groups is 1. The lowest BCUT2D eigenvalue weighted by molar-refractivity contribution is 0.571. The fourth-order valence-electron chi connectivity index (χ4n) is 1.29. The largest absolute Gasteiger partial charge is 0.499 e. The third-order valence-corrected chi connectivity index (χ3v) is 3.33. The lowest BCUT2D eigenvalue weighted by Crippen LogP contribution is -1.92. The molecule has 0 aliphatic carbocycles. The molecule has 0 amide bonds. The van der Waals surface area contributed by atoms with Crippen LogP contribution in [0.25, 0.3) is 10.1 Å². The molecule has 0 unspecified atom stereocenters. The molecule has 1 heterocycles. The van der Waals surface area contributed by atoms with Gasteiger partial charge in [0.05, 0.1) is 0 Å². The van der Waals surface area contributed by atoms with Crippen molar-refractivity contribution in [1.82, 2.24) is 0 Å². The van der Waals surface area contributed by atoms with Crippen LogP contribution in [0.5, 0.6) is 0 Å². The molecule has 0 bridgehead atoms. The summed E-state index contributed by atoms with van der Waals surface area (Å²) in [4.78, 5) is 0. The van der Waals surface area contributed by atoms with Crippen LogP contribution in [0.1, 0.15) is 11.1 Å². The molecule has 1 N–H and O–H groups in total. The molecule has 13 heavy (non-hydrogen) atoms. The number of aryl methyl sites for hydroxylation is 1. The summed E-state index contributed by atoms with van der Waals surface area (Å²) in [5.41, 5.74) is 1.96. The van der Waals surface area contributed by atoms with E-state index < -0.39 is 0 Å². The van der Waals surface area contributed by atoms with E-state index in [-0.39, 0.29) is 5.05 Å². The van der Waals surface area contributed by atoms with E-state index in [1.54, 1.807) is 11.3 Å². The Labute approximate surface area is 85.6 Å². The van der Waals surface area contributed by atoms with Gasteiger partial charge in [-0.05, 0) is 53.7 Å². The van der Waals surface area contributed by atoms with Gasteiger partial charge in [-0.15, -0.1) is 11.3 Å². The number of hydrogen-bond donors (Lipinski definition) is 1. The van der Waals surface area contributed by atoms with Gasteiger partial charge in [-0.25, -0.2) is 0 Å². The molecular formula is C10H8OS2. The average Bonchev–Trinajstić information content (AvgIpc) is 2.47. The Balaban J connectivity index is 2.72. The van der Waals surface area contributed by atoms with Crippen molar-refractivity contribution in [1.29, 1.82) is 0 Å². The van der Waals surface area contributed by atoms with Crippen LogP contribution < -0.4 is 0 Å². The van der Waals surface area contributed by atoms with E-state index in [1.165, 1.54) is 15.6 Å². The number of thiocarbonyl (C=S) groups is 1. The molecule has 3 heteroatoms. The third-order valence-electron chi connectivity index (χ3n) is 2.01. The number of rotatable bonds is 1. The van der Waals surface area contributed by atoms with Crippen molar-refractivity contribution in [2.24, 2.45) is 0 Å². The first kappa shape index (κ1) is 8.66. The number of aliphatic hydroxyl groups excluding tert-OH is 1. The van der Waals surface area contributed by atoms with Crippen molar-refractivity contribution < 1.29 is 5.11 Å². The van der Waals surface area contributed by atoms with Crippen molar-refractivity contribution >= 4 is 38.7 Å². The summed E-state index contributed by atoms with van der Waals surface area (Å²) >= 11 is 6.41. The van der Waals surface area contributed by atoms with Crippen molar-refractivity contribution in [2.45, 2.75) is 6.92 Å². The Morgan fingerprint density at radius 2 is 2.23 bits per heavy atom. The second kappa shape index (κ2) is 3.09. The van der Waals surface area contributed by atoms with Gasteiger partial charge in [0.15, 0.2) is 5.05 Å². The molecule has 1 aromatic carbocycles. The van der Waals surface area contributed by atoms with Gasteiger partial charge >= 0.3 is 0 Å². The van der Waals surface area contributed by atoms with E-state index >= 15 is 0 Å². The number of thiophene rings is 1. The molecule has 2 aromatic rings. The van der Waals surface area contributed by atoms with Gasteiger partial charge in [-0.2, -0.15) is 0 Å². The topological polar surface area (TPSA) is 20.2 Å². The highest BCUT2D eigenvalue weighted by Crippen LogP contribution is 2.26. The first-order valence-electron chi connectivity index (χ1n) is 3.89. The van der Waals surface area contributed by atoms with Crippen molar-refractivity contribution in [3.8, 4) is 0 Å². The zero-order chi connectivity index (χ0) is 9.42. The molecule has 0 aliphatic rings. The predicted octanol–water partition coefficient (Wildman–Crippen LogP) is 3.44. The number of benzene rings is 1. The molecule has 0 radical (unpaired) electrons. The van der Waals surface area contributed by atoms with E-state index in [0.29, 0.717) is 0 Å². The van der Waals surface area contributed by atoms with Gasteiger partial charge in [-0.1, -0.05) is 0 Å². The Bertz CT molecular complexity index is 471. The Morgan fingerprint density at radius 1 is 1.46 bits per heavy atom. The smallest absolute Gasteiger partial charge is 0.188 e. The first-order chi connectivity index (χ1) is 6.18. The summed E-state index contributed by atoms with van der Waals surface area (Å²) < 4.78 is 1.23. The van der Waals surface area contributed by atoms with Crippen molar-refractivity contribution in [3.05, 3.63) is 34.7 Å². The van der Waals surface area contributed by atoms with Crippen LogP contribution in [0.4, 0.5) is 0 Å². The highest BCUT2D eigenvalue weighted by Gasteiger charge is 2.03. The van der Waals surface area contributed by atoms with Crippen LogP contribution in [-0.2, 0) is 0 Å². The van der Waals surface area contributed by atoms with Crippen LogP contribution in [0, 0.1) is 6.92 Å². The molecule has 0 aliphatic heterocycles. The Kier molecular flexibility index (Phi) is 2.06. The molecule has 1 aromatic heterocycles. The van der Waals surface area contributed by atoms with Gasteiger partial charge in [0.2, 0.25) is 0 Å². The SMILES string of the molecule is Cc1csc2ccc(C(O)=S)cc12. The molecule has 2 rings (SSSR count). The van der Waals surface area contributed by atoms with E-state index in [2.05, 4.69) is 12.3 Å². The fraction of sp³-hybridized carbons (Fsp3) is 0.100. The zero-order valence-electron chi connectivity index (χ0n) is 7.07. The normalized spacial score (nSPS) is 10.5. The van der Waals surface area contributed by atoms with Crippen LogP contribution in [-0.4, -0.2) is 10.2 Å². The van der Waals surface area contributed by atoms with Crippen molar-refractivity contribution in [2.75, 3.05) is 0 Å². The summed E-state index contributed by atoms with van der Waals surface area (Å²) in [6.45, 7) is 2.06. The van der Waals surface area contributed by atoms with Crippen LogP contribution >= 0.6 is 23.6 Å². The van der Waals surface area contributed by atoms with Gasteiger partial charge in [0.1, 0.15) is 0 Å². The second-order valence-corrected chi connectivity index (χ2v) is 4.23. The highest BCUT2D eigenvalue weighted by atomic mass is 32.1. The predicted molar refractivity (Wildman–Crippen MR) is 60.9 cm³/mol. The molecular weight excluding hydrogens is 200 g/mol. The second-order valence-electron chi connectivity index (χ2n) is 2.93. The lowest BCUT2D eigenvalue weighted by atomic mass is 10.1. The number of hydrogen-bond acceptors (Lipinski definition) is 2. The lowest BCUT2D eigenvalue weighted by Gasteiger charge is -1.97. The van der Waals surface area contributed by atoms with E-state index in [9.17, 15) is 0 Å². The van der Waals surface area contributed by atoms with E-state index in [4.69, 9.17) is 17.3 Å². The molecule has 0 saturated carbocycles. The molecule has 0 spiro atoms. The zero-order valence-corrected chi connectivity index (χ0v) is 8.71.